The number of rotatable bonds is 2. The Bertz CT molecular complexity index is 329. The number of hydrogen-bond acceptors (Lipinski definition) is 1. The minimum atomic E-state index is -0.444. The third-order valence-corrected chi connectivity index (χ3v) is 2.22. The van der Waals surface area contributed by atoms with Crippen molar-refractivity contribution in [3.63, 3.8) is 0 Å². The number of carbonyl (C=O) groups excluding carboxylic acids is 1. The van der Waals surface area contributed by atoms with E-state index in [1.807, 2.05) is 32.0 Å². The number of carbonyl (C=O) groups is 1. The van der Waals surface area contributed by atoms with Crippen LogP contribution in [0.4, 0.5) is 0 Å². The van der Waals surface area contributed by atoms with E-state index in [2.05, 4.69) is 0 Å². The lowest BCUT2D eigenvalue weighted by molar-refractivity contribution is 0.0991. The molecule has 1 atom stereocenters. The Morgan fingerprint density at radius 3 is 2.54 bits per heavy atom. The van der Waals surface area contributed by atoms with Gasteiger partial charge in [0.2, 0.25) is 0 Å². The monoisotopic (exact) mass is 196 g/mol. The second-order valence-corrected chi connectivity index (χ2v) is 3.95. The van der Waals surface area contributed by atoms with Crippen molar-refractivity contribution < 1.29 is 4.79 Å². The zero-order valence-electron chi connectivity index (χ0n) is 8.10. The van der Waals surface area contributed by atoms with Crippen LogP contribution in [0.25, 0.3) is 0 Å². The molecule has 0 saturated heterocycles. The maximum absolute atomic E-state index is 11.6. The minimum Gasteiger partial charge on any atom is -0.293 e. The highest BCUT2D eigenvalue weighted by molar-refractivity contribution is 6.33. The van der Waals surface area contributed by atoms with Crippen molar-refractivity contribution in [1.29, 1.82) is 0 Å². The Labute approximate surface area is 83.7 Å². The molecule has 0 aromatic heterocycles. The molecule has 1 nitrogen and oxygen atoms in total. The van der Waals surface area contributed by atoms with Crippen molar-refractivity contribution >= 4 is 17.4 Å². The minimum absolute atomic E-state index is 0.00265. The van der Waals surface area contributed by atoms with Crippen LogP contribution in [0.15, 0.2) is 18.2 Å². The summed E-state index contributed by atoms with van der Waals surface area (Å²) in [5, 5.41) is -0.444. The van der Waals surface area contributed by atoms with Gasteiger partial charge in [-0.15, -0.1) is 11.6 Å². The standard InChI is InChI=1S/C11H13ClO/c1-7-4-5-8(2)10(6-7)11(13)9(3)12/h4-6,9H,1-3H3/t9-/m1/s1. The van der Waals surface area contributed by atoms with Gasteiger partial charge in [-0.05, 0) is 32.4 Å². The predicted molar refractivity (Wildman–Crippen MR) is 55.6 cm³/mol. The quantitative estimate of drug-likeness (QED) is 0.525. The highest BCUT2D eigenvalue weighted by Crippen LogP contribution is 2.14. The average molecular weight is 197 g/mol. The normalized spacial score (nSPS) is 12.6. The van der Waals surface area contributed by atoms with Crippen molar-refractivity contribution in [1.82, 2.24) is 0 Å². The molecule has 2 heteroatoms. The summed E-state index contributed by atoms with van der Waals surface area (Å²) in [6.07, 6.45) is 0. The van der Waals surface area contributed by atoms with Gasteiger partial charge in [0.1, 0.15) is 0 Å². The first-order valence-corrected chi connectivity index (χ1v) is 4.71. The van der Waals surface area contributed by atoms with Gasteiger partial charge in [0, 0.05) is 5.56 Å². The zero-order valence-corrected chi connectivity index (χ0v) is 8.85. The van der Waals surface area contributed by atoms with Gasteiger partial charge in [-0.2, -0.15) is 0 Å². The van der Waals surface area contributed by atoms with Gasteiger partial charge >= 0.3 is 0 Å². The predicted octanol–water partition coefficient (Wildman–Crippen LogP) is 3.11. The molecule has 0 aliphatic carbocycles. The molecule has 1 aromatic rings. The molecule has 1 aromatic carbocycles. The first-order chi connectivity index (χ1) is 6.02. The number of alkyl halides is 1. The Morgan fingerprint density at radius 1 is 1.38 bits per heavy atom. The van der Waals surface area contributed by atoms with E-state index in [0.29, 0.717) is 0 Å². The second kappa shape index (κ2) is 3.93. The highest BCUT2D eigenvalue weighted by Gasteiger charge is 2.14. The van der Waals surface area contributed by atoms with Crippen molar-refractivity contribution in [3.05, 3.63) is 34.9 Å². The molecule has 0 aliphatic rings. The highest BCUT2D eigenvalue weighted by atomic mass is 35.5. The summed E-state index contributed by atoms with van der Waals surface area (Å²) in [6, 6.07) is 5.82. The third kappa shape index (κ3) is 2.31. The summed E-state index contributed by atoms with van der Waals surface area (Å²) in [5.41, 5.74) is 2.82. The van der Waals surface area contributed by atoms with Crippen LogP contribution in [0.3, 0.4) is 0 Å². The molecule has 0 unspecified atom stereocenters. The van der Waals surface area contributed by atoms with E-state index in [9.17, 15) is 4.79 Å². The third-order valence-electron chi connectivity index (χ3n) is 2.02. The van der Waals surface area contributed by atoms with Crippen molar-refractivity contribution in [2.24, 2.45) is 0 Å². The first-order valence-electron chi connectivity index (χ1n) is 4.28. The van der Waals surface area contributed by atoms with Crippen LogP contribution in [-0.2, 0) is 0 Å². The molecule has 0 amide bonds. The maximum Gasteiger partial charge on any atom is 0.180 e. The van der Waals surface area contributed by atoms with E-state index < -0.39 is 5.38 Å². The molecule has 70 valence electrons. The molecule has 0 bridgehead atoms. The van der Waals surface area contributed by atoms with Crippen LogP contribution in [0, 0.1) is 13.8 Å². The first kappa shape index (κ1) is 10.3. The Kier molecular flexibility index (Phi) is 3.10. The lowest BCUT2D eigenvalue weighted by Gasteiger charge is -2.06. The zero-order chi connectivity index (χ0) is 10.0. The van der Waals surface area contributed by atoms with Gasteiger partial charge in [-0.25, -0.2) is 0 Å². The average Bonchev–Trinajstić information content (AvgIpc) is 2.08. The van der Waals surface area contributed by atoms with Gasteiger partial charge in [0.15, 0.2) is 5.78 Å². The Balaban J connectivity index is 3.13. The summed E-state index contributed by atoms with van der Waals surface area (Å²) >= 11 is 5.74. The molecule has 0 aliphatic heterocycles. The van der Waals surface area contributed by atoms with Crippen LogP contribution in [0.2, 0.25) is 0 Å². The number of ketones is 1. The number of halogens is 1. The topological polar surface area (TPSA) is 17.1 Å². The van der Waals surface area contributed by atoms with Crippen molar-refractivity contribution in [2.45, 2.75) is 26.1 Å². The fraction of sp³-hybridized carbons (Fsp3) is 0.364. The van der Waals surface area contributed by atoms with Crippen LogP contribution in [0.5, 0.6) is 0 Å². The summed E-state index contributed by atoms with van der Waals surface area (Å²) in [5.74, 6) is 0.00265. The molecule has 0 N–H and O–H groups in total. The van der Waals surface area contributed by atoms with Crippen molar-refractivity contribution in [3.8, 4) is 0 Å². The molecule has 0 heterocycles. The van der Waals surface area contributed by atoms with E-state index >= 15 is 0 Å². The SMILES string of the molecule is Cc1ccc(C)c(C(=O)[C@@H](C)Cl)c1. The van der Waals surface area contributed by atoms with Gasteiger partial charge in [0.05, 0.1) is 5.38 Å². The smallest absolute Gasteiger partial charge is 0.180 e. The Morgan fingerprint density at radius 2 is 2.00 bits per heavy atom. The fourth-order valence-electron chi connectivity index (χ4n) is 1.22. The molecule has 13 heavy (non-hydrogen) atoms. The Hall–Kier alpha value is -0.820. The summed E-state index contributed by atoms with van der Waals surface area (Å²) in [6.45, 7) is 5.59. The number of hydrogen-bond donors (Lipinski definition) is 0. The molecule has 0 saturated carbocycles. The molecule has 0 fully saturated rings. The van der Waals surface area contributed by atoms with E-state index in [4.69, 9.17) is 11.6 Å². The number of Topliss-reactive ketones (excluding diaryl/α,β-unsaturated/α-hetero) is 1. The molecular formula is C11H13ClO. The van der Waals surface area contributed by atoms with E-state index in [1.54, 1.807) is 6.92 Å². The number of aryl methyl sites for hydroxylation is 2. The number of benzene rings is 1. The fourth-order valence-corrected chi connectivity index (χ4v) is 1.33. The molecular weight excluding hydrogens is 184 g/mol. The molecule has 0 radical (unpaired) electrons. The second-order valence-electron chi connectivity index (χ2n) is 3.30. The molecule has 1 rings (SSSR count). The molecule has 0 spiro atoms. The van der Waals surface area contributed by atoms with Gasteiger partial charge in [-0.1, -0.05) is 17.7 Å². The van der Waals surface area contributed by atoms with Crippen LogP contribution in [0.1, 0.15) is 28.4 Å². The van der Waals surface area contributed by atoms with E-state index in [1.165, 1.54) is 0 Å². The summed E-state index contributed by atoms with van der Waals surface area (Å²) < 4.78 is 0. The van der Waals surface area contributed by atoms with Crippen LogP contribution >= 0.6 is 11.6 Å². The van der Waals surface area contributed by atoms with Crippen molar-refractivity contribution in [2.75, 3.05) is 0 Å². The van der Waals surface area contributed by atoms with Gasteiger partial charge in [0.25, 0.3) is 0 Å². The van der Waals surface area contributed by atoms with E-state index in [-0.39, 0.29) is 5.78 Å². The lowest BCUT2D eigenvalue weighted by atomic mass is 10.0. The van der Waals surface area contributed by atoms with Crippen LogP contribution in [-0.4, -0.2) is 11.2 Å². The largest absolute Gasteiger partial charge is 0.293 e. The summed E-state index contributed by atoms with van der Waals surface area (Å²) in [7, 11) is 0. The summed E-state index contributed by atoms with van der Waals surface area (Å²) in [4.78, 5) is 11.6. The van der Waals surface area contributed by atoms with E-state index in [0.717, 1.165) is 16.7 Å². The van der Waals surface area contributed by atoms with Gasteiger partial charge < -0.3 is 0 Å². The van der Waals surface area contributed by atoms with Crippen LogP contribution < -0.4 is 0 Å². The van der Waals surface area contributed by atoms with Gasteiger partial charge in [-0.3, -0.25) is 4.79 Å². The maximum atomic E-state index is 11.6. The lowest BCUT2D eigenvalue weighted by Crippen LogP contribution is -2.12.